The van der Waals surface area contributed by atoms with E-state index in [1.165, 1.54) is 0 Å². The minimum Gasteiger partial charge on any atom is -0.494 e. The van der Waals surface area contributed by atoms with E-state index in [1.54, 1.807) is 0 Å². The number of benzene rings is 3. The van der Waals surface area contributed by atoms with E-state index < -0.39 is 25.4 Å². The Morgan fingerprint density at radius 3 is 1.25 bits per heavy atom. The van der Waals surface area contributed by atoms with Crippen LogP contribution in [0.3, 0.4) is 0 Å². The molecule has 4 nitrogen and oxygen atoms in total. The first kappa shape index (κ1) is 37.7. The molecule has 0 N–H and O–H groups in total. The van der Waals surface area contributed by atoms with Gasteiger partial charge >= 0.3 is 0 Å². The lowest BCUT2D eigenvalue weighted by atomic mass is 10.3. The van der Waals surface area contributed by atoms with Crippen LogP contribution in [0.4, 0.5) is 0 Å². The van der Waals surface area contributed by atoms with Crippen molar-refractivity contribution >= 4 is 81.3 Å². The Balaban J connectivity index is 1.89. The Morgan fingerprint density at radius 1 is 0.568 bits per heavy atom. The van der Waals surface area contributed by atoms with Crippen molar-refractivity contribution in [2.45, 2.75) is 78.8 Å². The summed E-state index contributed by atoms with van der Waals surface area (Å²) in [6, 6.07) is 24.3. The second-order valence-corrected chi connectivity index (χ2v) is 43.9. The molecule has 3 aromatic carbocycles. The van der Waals surface area contributed by atoms with Crippen LogP contribution in [-0.4, -0.2) is 27.7 Å². The summed E-state index contributed by atoms with van der Waals surface area (Å²) in [6.45, 7) is 19.6. The molecule has 12 heteroatoms. The summed E-state index contributed by atoms with van der Waals surface area (Å²) in [4.78, 5) is 0. The van der Waals surface area contributed by atoms with Crippen molar-refractivity contribution < 1.29 is 18.5 Å². The lowest BCUT2D eigenvalue weighted by Crippen LogP contribution is -2.19. The summed E-state index contributed by atoms with van der Waals surface area (Å²) in [7, 11) is 0.391. The van der Waals surface area contributed by atoms with E-state index in [9.17, 15) is 0 Å². The predicted octanol–water partition coefficient (Wildman–Crippen LogP) is 11.2. The highest BCUT2D eigenvalue weighted by molar-refractivity contribution is 8.82. The molecular weight excluding hydrogens is 695 g/mol. The SMILES string of the molecule is CCCCOc1ccc(P(=S)(Oc2cccc(OP(=S)(S[Si](C)(C)C)c3ccc(OCCCC)cc3)c2)S[Si](C)(C)C)cc1. The lowest BCUT2D eigenvalue weighted by molar-refractivity contribution is 0.309. The second-order valence-electron chi connectivity index (χ2n) is 12.5. The first-order valence-electron chi connectivity index (χ1n) is 15.2. The number of hydrogen-bond acceptors (Lipinski definition) is 8. The van der Waals surface area contributed by atoms with Crippen LogP contribution in [0.1, 0.15) is 39.5 Å². The van der Waals surface area contributed by atoms with Crippen LogP contribution >= 0.6 is 32.6 Å². The van der Waals surface area contributed by atoms with Gasteiger partial charge in [-0.15, -0.1) is 21.7 Å². The van der Waals surface area contributed by atoms with Gasteiger partial charge in [-0.3, -0.25) is 0 Å². The average molecular weight is 743 g/mol. The highest BCUT2D eigenvalue weighted by atomic mass is 33.0. The van der Waals surface area contributed by atoms with Gasteiger partial charge in [0.15, 0.2) is 10.9 Å². The zero-order chi connectivity index (χ0) is 32.4. The average Bonchev–Trinajstić information content (AvgIpc) is 2.92. The van der Waals surface area contributed by atoms with Crippen LogP contribution in [0.2, 0.25) is 39.3 Å². The van der Waals surface area contributed by atoms with Crippen molar-refractivity contribution in [3.8, 4) is 23.0 Å². The van der Waals surface area contributed by atoms with E-state index in [0.717, 1.165) is 61.0 Å². The van der Waals surface area contributed by atoms with Gasteiger partial charge in [0.05, 0.1) is 13.2 Å². The van der Waals surface area contributed by atoms with Crippen LogP contribution in [0.15, 0.2) is 72.8 Å². The fourth-order valence-electron chi connectivity index (χ4n) is 3.95. The van der Waals surface area contributed by atoms with E-state index in [1.807, 2.05) is 70.2 Å². The van der Waals surface area contributed by atoms with Crippen molar-refractivity contribution in [3.05, 3.63) is 72.8 Å². The van der Waals surface area contributed by atoms with E-state index in [2.05, 4.69) is 77.4 Å². The maximum atomic E-state index is 6.79. The third-order valence-electron chi connectivity index (χ3n) is 5.88. The Hall–Kier alpha value is -0.706. The van der Waals surface area contributed by atoms with Gasteiger partial charge < -0.3 is 18.5 Å². The third kappa shape index (κ3) is 12.5. The summed E-state index contributed by atoms with van der Waals surface area (Å²) in [5.74, 6) is 3.14. The first-order chi connectivity index (χ1) is 20.6. The molecule has 0 aliphatic heterocycles. The fourth-order valence-corrected chi connectivity index (χ4v) is 43.0. The topological polar surface area (TPSA) is 36.9 Å². The molecular formula is C32H48O4P2S4Si2. The van der Waals surface area contributed by atoms with Gasteiger partial charge in [0.1, 0.15) is 37.4 Å². The molecule has 0 bridgehead atoms. The Bertz CT molecular complexity index is 1320. The van der Waals surface area contributed by atoms with Crippen LogP contribution in [-0.2, 0) is 23.6 Å². The Labute approximate surface area is 285 Å². The maximum Gasteiger partial charge on any atom is 0.191 e. The molecule has 0 fully saturated rings. The molecule has 0 aliphatic rings. The monoisotopic (exact) mass is 742 g/mol. The Kier molecular flexibility index (Phi) is 14.5. The maximum absolute atomic E-state index is 6.79. The molecule has 0 radical (unpaired) electrons. The summed E-state index contributed by atoms with van der Waals surface area (Å²) >= 11 is 12.8. The van der Waals surface area contributed by atoms with E-state index in [-0.39, 0.29) is 0 Å². The van der Waals surface area contributed by atoms with Gasteiger partial charge in [0, 0.05) is 16.7 Å². The molecule has 2 unspecified atom stereocenters. The molecule has 3 rings (SSSR count). The first-order valence-corrected chi connectivity index (χ1v) is 32.0. The predicted molar refractivity (Wildman–Crippen MR) is 211 cm³/mol. The van der Waals surface area contributed by atoms with E-state index in [0.29, 0.717) is 11.5 Å². The quantitative estimate of drug-likeness (QED) is 0.0724. The van der Waals surface area contributed by atoms with Crippen LogP contribution in [0.5, 0.6) is 23.0 Å². The summed E-state index contributed by atoms with van der Waals surface area (Å²) in [5, 5.41) is 2.07. The van der Waals surface area contributed by atoms with Gasteiger partial charge in [-0.2, -0.15) is 0 Å². The molecule has 3 aromatic rings. The smallest absolute Gasteiger partial charge is 0.191 e. The molecule has 2 atom stereocenters. The lowest BCUT2D eigenvalue weighted by Gasteiger charge is -2.30. The fraction of sp³-hybridized carbons (Fsp3) is 0.438. The number of hydrogen-bond donors (Lipinski definition) is 0. The summed E-state index contributed by atoms with van der Waals surface area (Å²) in [6.07, 6.45) is 4.29. The van der Waals surface area contributed by atoms with Crippen LogP contribution in [0, 0.1) is 0 Å². The van der Waals surface area contributed by atoms with E-state index >= 15 is 0 Å². The zero-order valence-electron chi connectivity index (χ0n) is 27.3. The van der Waals surface area contributed by atoms with Gasteiger partial charge in [-0.25, -0.2) is 0 Å². The number of unbranched alkanes of at least 4 members (excludes halogenated alkanes) is 2. The standard InChI is InChI=1S/C32H48O4P2S4Si2/c1-9-11-24-33-27-16-20-31(21-17-27)37(39,41-43(3,4)5)35-29-14-13-15-30(26-29)36-38(40,42-44(6,7)8)32-22-18-28(19-23-32)34-25-12-10-2/h13-23,26H,9-12,24-25H2,1-8H3. The Morgan fingerprint density at radius 2 is 0.932 bits per heavy atom. The van der Waals surface area contributed by atoms with Crippen LogP contribution in [0.25, 0.3) is 0 Å². The van der Waals surface area contributed by atoms with Crippen molar-refractivity contribution in [2.24, 2.45) is 0 Å². The van der Waals surface area contributed by atoms with Crippen molar-refractivity contribution in [2.75, 3.05) is 13.2 Å². The minimum atomic E-state index is -2.48. The molecule has 0 heterocycles. The summed E-state index contributed by atoms with van der Waals surface area (Å²) in [5.41, 5.74) is -4.95. The van der Waals surface area contributed by atoms with Crippen molar-refractivity contribution in [1.82, 2.24) is 0 Å². The highest BCUT2D eigenvalue weighted by Gasteiger charge is 2.33. The molecule has 242 valence electrons. The molecule has 0 amide bonds. The molecule has 44 heavy (non-hydrogen) atoms. The largest absolute Gasteiger partial charge is 0.494 e. The van der Waals surface area contributed by atoms with Gasteiger partial charge in [0.2, 0.25) is 0 Å². The van der Waals surface area contributed by atoms with Gasteiger partial charge in [-0.05, 0) is 97.1 Å². The summed E-state index contributed by atoms with van der Waals surface area (Å²) < 4.78 is 25.4. The van der Waals surface area contributed by atoms with E-state index in [4.69, 9.17) is 42.1 Å². The molecule has 0 aromatic heterocycles. The van der Waals surface area contributed by atoms with Crippen molar-refractivity contribution in [1.29, 1.82) is 0 Å². The van der Waals surface area contributed by atoms with Crippen LogP contribution < -0.4 is 29.1 Å². The third-order valence-corrected chi connectivity index (χ3v) is 36.6. The van der Waals surface area contributed by atoms with Crippen molar-refractivity contribution in [3.63, 3.8) is 0 Å². The molecule has 0 spiro atoms. The molecule has 0 aliphatic carbocycles. The highest BCUT2D eigenvalue weighted by Crippen LogP contribution is 2.64. The zero-order valence-corrected chi connectivity index (χ0v) is 34.4. The molecule has 0 saturated heterocycles. The minimum absolute atomic E-state index is 0.707. The van der Waals surface area contributed by atoms with Gasteiger partial charge in [-0.1, -0.05) is 72.0 Å². The second kappa shape index (κ2) is 16.9. The number of rotatable bonds is 18. The normalized spacial score (nSPS) is 14.7. The van der Waals surface area contributed by atoms with Gasteiger partial charge in [0.25, 0.3) is 0 Å². The number of ether oxygens (including phenoxy) is 2. The molecule has 0 saturated carbocycles.